The van der Waals surface area contributed by atoms with E-state index in [0.29, 0.717) is 5.92 Å². The summed E-state index contributed by atoms with van der Waals surface area (Å²) in [7, 11) is 0. The van der Waals surface area contributed by atoms with Crippen molar-refractivity contribution in [3.63, 3.8) is 0 Å². The van der Waals surface area contributed by atoms with Crippen LogP contribution in [0, 0.1) is 5.92 Å². The number of allylic oxidation sites excluding steroid dienone is 1. The van der Waals surface area contributed by atoms with Gasteiger partial charge in [0.1, 0.15) is 0 Å². The molecule has 1 aliphatic rings. The summed E-state index contributed by atoms with van der Waals surface area (Å²) < 4.78 is 0. The van der Waals surface area contributed by atoms with Crippen LogP contribution in [0.5, 0.6) is 0 Å². The molecular weight excluding hydrogens is 136 g/mol. The van der Waals surface area contributed by atoms with Gasteiger partial charge >= 0.3 is 0 Å². The van der Waals surface area contributed by atoms with Crippen LogP contribution in [-0.4, -0.2) is 10.7 Å². The maximum Gasteiger partial charge on any atom is 0.0710 e. The van der Waals surface area contributed by atoms with E-state index < -0.39 is 5.60 Å². The van der Waals surface area contributed by atoms with Crippen LogP contribution in [0.2, 0.25) is 0 Å². The lowest BCUT2D eigenvalue weighted by Gasteiger charge is -2.36. The molecule has 11 heavy (non-hydrogen) atoms. The van der Waals surface area contributed by atoms with Crippen molar-refractivity contribution in [3.8, 4) is 0 Å². The predicted molar refractivity (Wildman–Crippen MR) is 47.4 cm³/mol. The average molecular weight is 154 g/mol. The molecule has 1 aliphatic carbocycles. The molecule has 0 fully saturated rings. The summed E-state index contributed by atoms with van der Waals surface area (Å²) in [5.74, 6) is 0.484. The van der Waals surface area contributed by atoms with Crippen LogP contribution >= 0.6 is 0 Å². The van der Waals surface area contributed by atoms with E-state index in [9.17, 15) is 5.11 Å². The van der Waals surface area contributed by atoms with E-state index in [-0.39, 0.29) is 0 Å². The molecule has 1 rings (SSSR count). The zero-order valence-electron chi connectivity index (χ0n) is 7.51. The van der Waals surface area contributed by atoms with Crippen molar-refractivity contribution in [2.75, 3.05) is 0 Å². The van der Waals surface area contributed by atoms with E-state index in [1.54, 1.807) is 0 Å². The standard InChI is InChI=1S/C10H18O/c1-3-9-7-5-6-8-10(9,11)4-2/h5-6,9,11H,3-4,7-8H2,1-2H3. The third kappa shape index (κ3) is 1.64. The highest BCUT2D eigenvalue weighted by molar-refractivity contribution is 5.02. The lowest BCUT2D eigenvalue weighted by Crippen LogP contribution is -2.37. The molecule has 0 heterocycles. The van der Waals surface area contributed by atoms with Gasteiger partial charge in [0.05, 0.1) is 5.60 Å². The number of hydrogen-bond donors (Lipinski definition) is 1. The van der Waals surface area contributed by atoms with Gasteiger partial charge in [-0.15, -0.1) is 0 Å². The Morgan fingerprint density at radius 2 is 2.18 bits per heavy atom. The Kier molecular flexibility index (Phi) is 2.72. The molecule has 0 spiro atoms. The first-order valence-corrected chi connectivity index (χ1v) is 4.60. The van der Waals surface area contributed by atoms with E-state index in [1.807, 2.05) is 0 Å². The van der Waals surface area contributed by atoms with E-state index >= 15 is 0 Å². The largest absolute Gasteiger partial charge is 0.389 e. The first-order valence-electron chi connectivity index (χ1n) is 4.60. The summed E-state index contributed by atoms with van der Waals surface area (Å²) in [6.07, 6.45) is 8.18. The van der Waals surface area contributed by atoms with Gasteiger partial charge in [-0.25, -0.2) is 0 Å². The number of aliphatic hydroxyl groups is 1. The Bertz CT molecular complexity index is 151. The number of hydrogen-bond acceptors (Lipinski definition) is 1. The van der Waals surface area contributed by atoms with Crippen molar-refractivity contribution in [2.24, 2.45) is 5.92 Å². The first kappa shape index (κ1) is 8.79. The summed E-state index contributed by atoms with van der Waals surface area (Å²) in [5.41, 5.74) is -0.399. The molecular formula is C10H18O. The van der Waals surface area contributed by atoms with Gasteiger partial charge in [0, 0.05) is 0 Å². The third-order valence-corrected chi connectivity index (χ3v) is 2.92. The maximum atomic E-state index is 10.1. The highest BCUT2D eigenvalue weighted by atomic mass is 16.3. The second kappa shape index (κ2) is 3.40. The molecule has 64 valence electrons. The molecule has 2 atom stereocenters. The molecule has 1 heteroatoms. The Morgan fingerprint density at radius 1 is 1.45 bits per heavy atom. The van der Waals surface area contributed by atoms with Gasteiger partial charge in [0.25, 0.3) is 0 Å². The molecule has 0 bridgehead atoms. The van der Waals surface area contributed by atoms with Crippen molar-refractivity contribution < 1.29 is 5.11 Å². The van der Waals surface area contributed by atoms with Crippen molar-refractivity contribution in [1.82, 2.24) is 0 Å². The monoisotopic (exact) mass is 154 g/mol. The summed E-state index contributed by atoms with van der Waals surface area (Å²) in [4.78, 5) is 0. The second-order valence-corrected chi connectivity index (χ2v) is 3.47. The third-order valence-electron chi connectivity index (χ3n) is 2.92. The minimum absolute atomic E-state index is 0.399. The SMILES string of the molecule is CCC1CC=CCC1(O)CC. The molecule has 0 radical (unpaired) electrons. The average Bonchev–Trinajstić information content (AvgIpc) is 2.05. The van der Waals surface area contributed by atoms with Crippen molar-refractivity contribution in [3.05, 3.63) is 12.2 Å². The Balaban J connectivity index is 2.67. The fourth-order valence-electron chi connectivity index (χ4n) is 1.91. The molecule has 0 aliphatic heterocycles. The van der Waals surface area contributed by atoms with Crippen molar-refractivity contribution in [1.29, 1.82) is 0 Å². The molecule has 0 aromatic carbocycles. The smallest absolute Gasteiger partial charge is 0.0710 e. The summed E-state index contributed by atoms with van der Waals surface area (Å²) >= 11 is 0. The van der Waals surface area contributed by atoms with Gasteiger partial charge in [0.2, 0.25) is 0 Å². The fraction of sp³-hybridized carbons (Fsp3) is 0.800. The molecule has 0 amide bonds. The zero-order valence-corrected chi connectivity index (χ0v) is 7.51. The highest BCUT2D eigenvalue weighted by Crippen LogP contribution is 2.34. The molecule has 0 aromatic heterocycles. The maximum absolute atomic E-state index is 10.1. The van der Waals surface area contributed by atoms with Gasteiger partial charge in [-0.1, -0.05) is 32.4 Å². The topological polar surface area (TPSA) is 20.2 Å². The van der Waals surface area contributed by atoms with E-state index in [4.69, 9.17) is 0 Å². The van der Waals surface area contributed by atoms with Gasteiger partial charge < -0.3 is 5.11 Å². The minimum Gasteiger partial charge on any atom is -0.389 e. The van der Waals surface area contributed by atoms with Gasteiger partial charge in [-0.3, -0.25) is 0 Å². The van der Waals surface area contributed by atoms with E-state index in [0.717, 1.165) is 25.7 Å². The van der Waals surface area contributed by atoms with Crippen LogP contribution in [0.25, 0.3) is 0 Å². The Hall–Kier alpha value is -0.300. The van der Waals surface area contributed by atoms with E-state index in [2.05, 4.69) is 26.0 Å². The molecule has 0 aromatic rings. The summed E-state index contributed by atoms with van der Waals surface area (Å²) in [5, 5.41) is 10.1. The lowest BCUT2D eigenvalue weighted by molar-refractivity contribution is -0.0247. The zero-order chi connectivity index (χ0) is 8.32. The van der Waals surface area contributed by atoms with Crippen LogP contribution in [0.3, 0.4) is 0 Å². The van der Waals surface area contributed by atoms with Gasteiger partial charge in [-0.05, 0) is 25.2 Å². The first-order chi connectivity index (χ1) is 5.23. The highest BCUT2D eigenvalue weighted by Gasteiger charge is 2.33. The quantitative estimate of drug-likeness (QED) is 0.606. The second-order valence-electron chi connectivity index (χ2n) is 3.47. The van der Waals surface area contributed by atoms with Gasteiger partial charge in [-0.2, -0.15) is 0 Å². The van der Waals surface area contributed by atoms with Crippen LogP contribution in [0.15, 0.2) is 12.2 Å². The molecule has 0 saturated heterocycles. The summed E-state index contributed by atoms with van der Waals surface area (Å²) in [6.45, 7) is 4.23. The minimum atomic E-state index is -0.399. The van der Waals surface area contributed by atoms with E-state index in [1.165, 1.54) is 0 Å². The Morgan fingerprint density at radius 3 is 2.64 bits per heavy atom. The van der Waals surface area contributed by atoms with Crippen LogP contribution in [0.4, 0.5) is 0 Å². The predicted octanol–water partition coefficient (Wildman–Crippen LogP) is 2.50. The lowest BCUT2D eigenvalue weighted by atomic mass is 9.76. The number of rotatable bonds is 2. The van der Waals surface area contributed by atoms with Crippen LogP contribution in [0.1, 0.15) is 39.5 Å². The van der Waals surface area contributed by atoms with Crippen molar-refractivity contribution >= 4 is 0 Å². The normalized spacial score (nSPS) is 37.5. The fourth-order valence-corrected chi connectivity index (χ4v) is 1.91. The Labute approximate surface area is 69.1 Å². The van der Waals surface area contributed by atoms with Crippen LogP contribution < -0.4 is 0 Å². The molecule has 2 unspecified atom stereocenters. The van der Waals surface area contributed by atoms with Crippen LogP contribution in [-0.2, 0) is 0 Å². The molecule has 1 N–H and O–H groups in total. The van der Waals surface area contributed by atoms with Crippen molar-refractivity contribution in [2.45, 2.75) is 45.1 Å². The molecule has 0 saturated carbocycles. The summed E-state index contributed by atoms with van der Waals surface area (Å²) in [6, 6.07) is 0. The molecule has 1 nitrogen and oxygen atoms in total. The van der Waals surface area contributed by atoms with Gasteiger partial charge in [0.15, 0.2) is 0 Å².